The number of nitrogens with one attached hydrogen (secondary N) is 1. The Kier molecular flexibility index (Phi) is 5.41. The molecule has 0 radical (unpaired) electrons. The van der Waals surface area contributed by atoms with Crippen molar-refractivity contribution in [1.82, 2.24) is 24.7 Å². The lowest BCUT2D eigenvalue weighted by molar-refractivity contribution is 0.834. The van der Waals surface area contributed by atoms with Crippen molar-refractivity contribution in [2.24, 2.45) is 0 Å². The Morgan fingerprint density at radius 1 is 1.10 bits per heavy atom. The number of anilines is 1. The Labute approximate surface area is 188 Å². The van der Waals surface area contributed by atoms with Crippen LogP contribution in [0.25, 0.3) is 16.6 Å². The highest BCUT2D eigenvalue weighted by molar-refractivity contribution is 7.99. The average molecular weight is 453 g/mol. The van der Waals surface area contributed by atoms with Crippen LogP contribution in [0.5, 0.6) is 0 Å². The monoisotopic (exact) mass is 452 g/mol. The molecule has 0 saturated carbocycles. The molecule has 2 aromatic heterocycles. The van der Waals surface area contributed by atoms with Crippen LogP contribution in [0.15, 0.2) is 58.5 Å². The highest BCUT2D eigenvalue weighted by Crippen LogP contribution is 2.36. The molecule has 1 saturated heterocycles. The van der Waals surface area contributed by atoms with Gasteiger partial charge in [0.25, 0.3) is 5.56 Å². The standard InChI is InChI=1S/C22H21ClN6OS/c1-14(19-24-18-10-3-2-9-17(18)20(30)25-19)31-22-27-26-21(28-11-4-5-12-28)29(22)16-8-6-7-15(23)13-16/h2-3,6-10,13-14H,4-5,11-12H2,1H3,(H,24,25,30)/t14-/m1/s1. The van der Waals surface area contributed by atoms with Crippen LogP contribution in [0.3, 0.4) is 0 Å². The first-order valence-electron chi connectivity index (χ1n) is 10.2. The third-order valence-corrected chi connectivity index (χ3v) is 6.66. The number of hydrogen-bond donors (Lipinski definition) is 1. The van der Waals surface area contributed by atoms with Gasteiger partial charge in [0.15, 0.2) is 5.16 Å². The molecule has 0 bridgehead atoms. The van der Waals surface area contributed by atoms with Gasteiger partial charge < -0.3 is 9.88 Å². The summed E-state index contributed by atoms with van der Waals surface area (Å²) in [7, 11) is 0. The molecule has 3 heterocycles. The van der Waals surface area contributed by atoms with Crippen LogP contribution in [0.2, 0.25) is 5.02 Å². The Balaban J connectivity index is 1.54. The summed E-state index contributed by atoms with van der Waals surface area (Å²) in [6, 6.07) is 15.0. The van der Waals surface area contributed by atoms with Crippen LogP contribution < -0.4 is 10.5 Å². The van der Waals surface area contributed by atoms with Gasteiger partial charge in [0, 0.05) is 18.1 Å². The van der Waals surface area contributed by atoms with Crippen LogP contribution in [-0.4, -0.2) is 37.8 Å². The average Bonchev–Trinajstić information content (AvgIpc) is 3.43. The summed E-state index contributed by atoms with van der Waals surface area (Å²) >= 11 is 7.78. The van der Waals surface area contributed by atoms with Gasteiger partial charge in [0.05, 0.1) is 21.8 Å². The highest BCUT2D eigenvalue weighted by atomic mass is 35.5. The summed E-state index contributed by atoms with van der Waals surface area (Å²) < 4.78 is 2.04. The van der Waals surface area contributed by atoms with Crippen LogP contribution >= 0.6 is 23.4 Å². The van der Waals surface area contributed by atoms with Gasteiger partial charge >= 0.3 is 0 Å². The molecule has 1 N–H and O–H groups in total. The molecule has 31 heavy (non-hydrogen) atoms. The maximum absolute atomic E-state index is 12.5. The fourth-order valence-corrected chi connectivity index (χ4v) is 4.92. The van der Waals surface area contributed by atoms with Gasteiger partial charge in [-0.3, -0.25) is 9.36 Å². The molecule has 0 spiro atoms. The molecule has 158 valence electrons. The van der Waals surface area contributed by atoms with E-state index in [0.717, 1.165) is 42.7 Å². The van der Waals surface area contributed by atoms with E-state index in [9.17, 15) is 4.79 Å². The van der Waals surface area contributed by atoms with Crippen molar-refractivity contribution in [3.63, 3.8) is 0 Å². The van der Waals surface area contributed by atoms with E-state index in [4.69, 9.17) is 11.6 Å². The van der Waals surface area contributed by atoms with Crippen LogP contribution in [0.1, 0.15) is 30.8 Å². The molecule has 0 aliphatic carbocycles. The first kappa shape index (κ1) is 20.1. The molecular formula is C22H21ClN6OS. The fourth-order valence-electron chi connectivity index (χ4n) is 3.81. The van der Waals surface area contributed by atoms with E-state index in [0.29, 0.717) is 21.7 Å². The van der Waals surface area contributed by atoms with E-state index in [1.54, 1.807) is 6.07 Å². The van der Waals surface area contributed by atoms with Gasteiger partial charge in [-0.25, -0.2) is 4.98 Å². The number of thioether (sulfide) groups is 1. The third-order valence-electron chi connectivity index (χ3n) is 5.37. The Hall–Kier alpha value is -2.84. The van der Waals surface area contributed by atoms with Crippen LogP contribution in [0, 0.1) is 0 Å². The topological polar surface area (TPSA) is 79.7 Å². The van der Waals surface area contributed by atoms with Gasteiger partial charge in [-0.1, -0.05) is 41.6 Å². The van der Waals surface area contributed by atoms with E-state index in [1.807, 2.05) is 54.0 Å². The summed E-state index contributed by atoms with van der Waals surface area (Å²) in [6.07, 6.45) is 2.28. The summed E-state index contributed by atoms with van der Waals surface area (Å²) in [5.74, 6) is 1.42. The maximum atomic E-state index is 12.5. The zero-order valence-corrected chi connectivity index (χ0v) is 18.5. The van der Waals surface area contributed by atoms with E-state index in [2.05, 4.69) is 25.1 Å². The lowest BCUT2D eigenvalue weighted by Crippen LogP contribution is -2.22. The molecule has 7 nitrogen and oxygen atoms in total. The highest BCUT2D eigenvalue weighted by Gasteiger charge is 2.24. The molecular weight excluding hydrogens is 432 g/mol. The molecule has 0 amide bonds. The second kappa shape index (κ2) is 8.36. The van der Waals surface area contributed by atoms with E-state index in [1.165, 1.54) is 11.8 Å². The second-order valence-electron chi connectivity index (χ2n) is 7.52. The zero-order valence-electron chi connectivity index (χ0n) is 17.0. The largest absolute Gasteiger partial charge is 0.341 e. The number of halogens is 1. The van der Waals surface area contributed by atoms with Crippen molar-refractivity contribution in [3.8, 4) is 5.69 Å². The van der Waals surface area contributed by atoms with Gasteiger partial charge in [-0.05, 0) is 50.1 Å². The van der Waals surface area contributed by atoms with Gasteiger partial charge in [0.2, 0.25) is 5.95 Å². The molecule has 5 rings (SSSR count). The van der Waals surface area contributed by atoms with Crippen molar-refractivity contribution in [3.05, 3.63) is 69.7 Å². The summed E-state index contributed by atoms with van der Waals surface area (Å²) in [5.41, 5.74) is 1.46. The predicted octanol–water partition coefficient (Wildman–Crippen LogP) is 4.61. The minimum absolute atomic E-state index is 0.133. The summed E-state index contributed by atoms with van der Waals surface area (Å²) in [5, 5.41) is 10.8. The Morgan fingerprint density at radius 2 is 1.90 bits per heavy atom. The first-order chi connectivity index (χ1) is 15.1. The number of rotatable bonds is 5. The molecule has 4 aromatic rings. The smallest absolute Gasteiger partial charge is 0.258 e. The fraction of sp³-hybridized carbons (Fsp3) is 0.273. The van der Waals surface area contributed by atoms with Crippen molar-refractivity contribution in [2.75, 3.05) is 18.0 Å². The van der Waals surface area contributed by atoms with E-state index in [-0.39, 0.29) is 10.8 Å². The molecule has 2 aromatic carbocycles. The predicted molar refractivity (Wildman–Crippen MR) is 124 cm³/mol. The Morgan fingerprint density at radius 3 is 2.71 bits per heavy atom. The number of nitrogens with zero attached hydrogens (tertiary/aromatic N) is 5. The quantitative estimate of drug-likeness (QED) is 0.445. The number of H-pyrrole nitrogens is 1. The number of hydrogen-bond acceptors (Lipinski definition) is 6. The number of aromatic amines is 1. The van der Waals surface area contributed by atoms with Gasteiger partial charge in [0.1, 0.15) is 5.82 Å². The molecule has 1 fully saturated rings. The van der Waals surface area contributed by atoms with E-state index >= 15 is 0 Å². The number of para-hydroxylation sites is 1. The number of benzene rings is 2. The third kappa shape index (κ3) is 3.93. The lowest BCUT2D eigenvalue weighted by atomic mass is 10.2. The number of aromatic nitrogens is 5. The molecule has 1 aliphatic heterocycles. The zero-order chi connectivity index (χ0) is 21.4. The lowest BCUT2D eigenvalue weighted by Gasteiger charge is -2.19. The van der Waals surface area contributed by atoms with Crippen LogP contribution in [-0.2, 0) is 0 Å². The molecule has 1 aliphatic rings. The van der Waals surface area contributed by atoms with Gasteiger partial charge in [-0.15, -0.1) is 10.2 Å². The number of fused-ring (bicyclic) bond motifs is 1. The summed E-state index contributed by atoms with van der Waals surface area (Å²) in [6.45, 7) is 3.92. The SMILES string of the molecule is C[C@@H](Sc1nnc(N2CCCC2)n1-c1cccc(Cl)c1)c1nc2ccccc2c(=O)[nH]1. The minimum Gasteiger partial charge on any atom is -0.341 e. The second-order valence-corrected chi connectivity index (χ2v) is 9.26. The van der Waals surface area contributed by atoms with Gasteiger partial charge in [-0.2, -0.15) is 0 Å². The van der Waals surface area contributed by atoms with Crippen molar-refractivity contribution in [2.45, 2.75) is 30.2 Å². The normalized spacial score (nSPS) is 15.0. The van der Waals surface area contributed by atoms with Crippen LogP contribution in [0.4, 0.5) is 5.95 Å². The summed E-state index contributed by atoms with van der Waals surface area (Å²) in [4.78, 5) is 22.3. The first-order valence-corrected chi connectivity index (χ1v) is 11.5. The van der Waals surface area contributed by atoms with E-state index < -0.39 is 0 Å². The maximum Gasteiger partial charge on any atom is 0.258 e. The molecule has 1 atom stereocenters. The molecule has 9 heteroatoms. The van der Waals surface area contributed by atoms with Crippen molar-refractivity contribution in [1.29, 1.82) is 0 Å². The molecule has 0 unspecified atom stereocenters. The van der Waals surface area contributed by atoms with Crippen molar-refractivity contribution < 1.29 is 0 Å². The minimum atomic E-state index is -0.137. The Bertz CT molecular complexity index is 1300. The van der Waals surface area contributed by atoms with Crippen molar-refractivity contribution >= 4 is 40.2 Å².